The molecule has 1 fully saturated rings. The Morgan fingerprint density at radius 2 is 2.16 bits per heavy atom. The maximum atomic E-state index is 12.6. The first-order valence-corrected chi connectivity index (χ1v) is 8.58. The van der Waals surface area contributed by atoms with Gasteiger partial charge in [-0.05, 0) is 44.7 Å². The smallest absolute Gasteiger partial charge is 0.290 e. The van der Waals surface area contributed by atoms with E-state index < -0.39 is 5.56 Å². The number of anilines is 1. The zero-order valence-electron chi connectivity index (χ0n) is 14.9. The number of nitrogens with two attached hydrogens (primary N) is 1. The Bertz CT molecular complexity index is 852. The molecule has 1 aliphatic rings. The second-order valence-corrected chi connectivity index (χ2v) is 6.86. The van der Waals surface area contributed by atoms with E-state index in [2.05, 4.69) is 12.0 Å². The molecule has 0 bridgehead atoms. The van der Waals surface area contributed by atoms with E-state index in [4.69, 9.17) is 10.2 Å². The molecule has 0 radical (unpaired) electrons. The van der Waals surface area contributed by atoms with Crippen LogP contribution in [-0.4, -0.2) is 33.7 Å². The number of hydrogen-bond donors (Lipinski definition) is 1. The van der Waals surface area contributed by atoms with Crippen LogP contribution in [0.2, 0.25) is 0 Å². The fraction of sp³-hybridized carbons (Fsp3) is 0.500. The highest BCUT2D eigenvalue weighted by molar-refractivity contribution is 5.76. The van der Waals surface area contributed by atoms with E-state index in [1.54, 1.807) is 4.90 Å². The molecule has 2 aromatic heterocycles. The molecule has 1 saturated heterocycles. The number of nitrogen functional groups attached to an aromatic ring is 1. The molecule has 1 amide bonds. The van der Waals surface area contributed by atoms with Crippen molar-refractivity contribution in [3.8, 4) is 11.3 Å². The fourth-order valence-corrected chi connectivity index (χ4v) is 3.33. The number of rotatable bonds is 3. The van der Waals surface area contributed by atoms with Crippen LogP contribution in [0.1, 0.15) is 31.3 Å². The average Bonchev–Trinajstić information content (AvgIpc) is 2.90. The van der Waals surface area contributed by atoms with Crippen LogP contribution in [0, 0.1) is 19.8 Å². The number of amides is 1. The zero-order chi connectivity index (χ0) is 18.1. The van der Waals surface area contributed by atoms with Gasteiger partial charge < -0.3 is 15.1 Å². The van der Waals surface area contributed by atoms with Crippen molar-refractivity contribution in [2.75, 3.05) is 18.8 Å². The second kappa shape index (κ2) is 6.74. The number of likely N-dealkylation sites (tertiary alicyclic amines) is 1. The van der Waals surface area contributed by atoms with Crippen LogP contribution in [-0.2, 0) is 11.3 Å². The van der Waals surface area contributed by atoms with Gasteiger partial charge in [-0.15, -0.1) is 0 Å². The van der Waals surface area contributed by atoms with E-state index in [9.17, 15) is 9.59 Å². The summed E-state index contributed by atoms with van der Waals surface area (Å²) in [6.07, 6.45) is 2.12. The van der Waals surface area contributed by atoms with E-state index in [1.807, 2.05) is 19.9 Å². The summed E-state index contributed by atoms with van der Waals surface area (Å²) in [6, 6.07) is 3.38. The molecule has 1 atom stereocenters. The molecule has 3 rings (SSSR count). The maximum absolute atomic E-state index is 12.6. The summed E-state index contributed by atoms with van der Waals surface area (Å²) in [5, 5.41) is 4.35. The number of hydrogen-bond acceptors (Lipinski definition) is 5. The number of aryl methyl sites for hydroxylation is 2. The molecule has 0 spiro atoms. The van der Waals surface area contributed by atoms with Crippen LogP contribution >= 0.6 is 0 Å². The lowest BCUT2D eigenvalue weighted by atomic mass is 10.0. The molecule has 0 aromatic carbocycles. The molecule has 2 N–H and O–H groups in total. The maximum Gasteiger partial charge on any atom is 0.290 e. The standard InChI is InChI=1S/C18H24N4O3/c1-11-5-4-6-21(9-11)17(23)10-22-18(24)15(19)8-16(20-22)14-7-12(2)25-13(14)3/h7-8,11H,4-6,9-10,19H2,1-3H3/t11-/m0/s1. The van der Waals surface area contributed by atoms with E-state index >= 15 is 0 Å². The van der Waals surface area contributed by atoms with Crippen molar-refractivity contribution < 1.29 is 9.21 Å². The van der Waals surface area contributed by atoms with Crippen molar-refractivity contribution in [2.45, 2.75) is 40.2 Å². The molecule has 7 nitrogen and oxygen atoms in total. The van der Waals surface area contributed by atoms with Gasteiger partial charge in [0.1, 0.15) is 23.8 Å². The Kier molecular flexibility index (Phi) is 4.65. The van der Waals surface area contributed by atoms with Crippen molar-refractivity contribution in [1.82, 2.24) is 14.7 Å². The van der Waals surface area contributed by atoms with Crippen molar-refractivity contribution >= 4 is 11.6 Å². The Labute approximate surface area is 146 Å². The van der Waals surface area contributed by atoms with Crippen molar-refractivity contribution in [2.24, 2.45) is 5.92 Å². The molecular formula is C18H24N4O3. The summed E-state index contributed by atoms with van der Waals surface area (Å²) in [5.74, 6) is 1.84. The van der Waals surface area contributed by atoms with Crippen LogP contribution in [0.15, 0.2) is 21.3 Å². The minimum absolute atomic E-state index is 0.0723. The summed E-state index contributed by atoms with van der Waals surface area (Å²) < 4.78 is 6.68. The number of carbonyl (C=O) groups is 1. The van der Waals surface area contributed by atoms with E-state index in [0.717, 1.165) is 41.9 Å². The Morgan fingerprint density at radius 3 is 2.80 bits per heavy atom. The first kappa shape index (κ1) is 17.3. The average molecular weight is 344 g/mol. The first-order chi connectivity index (χ1) is 11.8. The monoisotopic (exact) mass is 344 g/mol. The lowest BCUT2D eigenvalue weighted by molar-refractivity contribution is -0.133. The Morgan fingerprint density at radius 1 is 1.40 bits per heavy atom. The largest absolute Gasteiger partial charge is 0.466 e. The Balaban J connectivity index is 1.89. The van der Waals surface area contributed by atoms with Gasteiger partial charge in [0.25, 0.3) is 5.56 Å². The van der Waals surface area contributed by atoms with Crippen LogP contribution in [0.5, 0.6) is 0 Å². The fourth-order valence-electron chi connectivity index (χ4n) is 3.33. The molecule has 2 aromatic rings. The van der Waals surface area contributed by atoms with Gasteiger partial charge in [0.2, 0.25) is 5.91 Å². The minimum atomic E-state index is -0.444. The van der Waals surface area contributed by atoms with Gasteiger partial charge in [0.05, 0.1) is 5.69 Å². The van der Waals surface area contributed by atoms with Gasteiger partial charge in [-0.3, -0.25) is 9.59 Å². The number of furan rings is 1. The van der Waals surface area contributed by atoms with E-state index in [-0.39, 0.29) is 18.1 Å². The topological polar surface area (TPSA) is 94.4 Å². The predicted octanol–water partition coefficient (Wildman–Crippen LogP) is 1.96. The van der Waals surface area contributed by atoms with E-state index in [0.29, 0.717) is 17.4 Å². The van der Waals surface area contributed by atoms with Crippen molar-refractivity contribution in [3.63, 3.8) is 0 Å². The van der Waals surface area contributed by atoms with Crippen LogP contribution in [0.25, 0.3) is 11.3 Å². The van der Waals surface area contributed by atoms with Crippen LogP contribution < -0.4 is 11.3 Å². The van der Waals surface area contributed by atoms with Gasteiger partial charge in [0, 0.05) is 18.7 Å². The van der Waals surface area contributed by atoms with Crippen molar-refractivity contribution in [3.05, 3.63) is 34.0 Å². The SMILES string of the molecule is Cc1cc(-c2cc(N)c(=O)n(CC(=O)N3CCC[C@H](C)C3)n2)c(C)o1. The van der Waals surface area contributed by atoms with Gasteiger partial charge >= 0.3 is 0 Å². The van der Waals surface area contributed by atoms with Crippen LogP contribution in [0.4, 0.5) is 5.69 Å². The summed E-state index contributed by atoms with van der Waals surface area (Å²) in [7, 11) is 0. The molecule has 1 aliphatic heterocycles. The quantitative estimate of drug-likeness (QED) is 0.918. The number of piperidine rings is 1. The molecule has 7 heteroatoms. The highest BCUT2D eigenvalue weighted by atomic mass is 16.3. The predicted molar refractivity (Wildman–Crippen MR) is 95.1 cm³/mol. The molecule has 134 valence electrons. The first-order valence-electron chi connectivity index (χ1n) is 8.58. The van der Waals surface area contributed by atoms with Crippen molar-refractivity contribution in [1.29, 1.82) is 0 Å². The molecule has 0 aliphatic carbocycles. The van der Waals surface area contributed by atoms with Gasteiger partial charge in [-0.2, -0.15) is 5.10 Å². The number of aromatic nitrogens is 2. The lowest BCUT2D eigenvalue weighted by Gasteiger charge is -2.31. The van der Waals surface area contributed by atoms with Gasteiger partial charge in [-0.25, -0.2) is 4.68 Å². The van der Waals surface area contributed by atoms with Gasteiger partial charge in [0.15, 0.2) is 0 Å². The third kappa shape index (κ3) is 3.60. The van der Waals surface area contributed by atoms with E-state index in [1.165, 1.54) is 6.07 Å². The summed E-state index contributed by atoms with van der Waals surface area (Å²) >= 11 is 0. The molecule has 3 heterocycles. The molecule has 25 heavy (non-hydrogen) atoms. The minimum Gasteiger partial charge on any atom is -0.466 e. The third-order valence-electron chi connectivity index (χ3n) is 4.61. The second-order valence-electron chi connectivity index (χ2n) is 6.86. The summed E-state index contributed by atoms with van der Waals surface area (Å²) in [4.78, 5) is 26.7. The van der Waals surface area contributed by atoms with Crippen LogP contribution in [0.3, 0.4) is 0 Å². The molecular weight excluding hydrogens is 320 g/mol. The highest BCUT2D eigenvalue weighted by Gasteiger charge is 2.22. The highest BCUT2D eigenvalue weighted by Crippen LogP contribution is 2.25. The Hall–Kier alpha value is -2.57. The zero-order valence-corrected chi connectivity index (χ0v) is 14.9. The lowest BCUT2D eigenvalue weighted by Crippen LogP contribution is -2.42. The summed E-state index contributed by atoms with van der Waals surface area (Å²) in [5.41, 5.74) is 6.80. The number of nitrogens with zero attached hydrogens (tertiary/aromatic N) is 3. The molecule has 0 saturated carbocycles. The molecule has 0 unspecified atom stereocenters. The summed E-state index contributed by atoms with van der Waals surface area (Å²) in [6.45, 7) is 7.16. The normalized spacial score (nSPS) is 17.7. The third-order valence-corrected chi connectivity index (χ3v) is 4.61. The number of carbonyl (C=O) groups excluding carboxylic acids is 1. The van der Waals surface area contributed by atoms with Gasteiger partial charge in [-0.1, -0.05) is 6.92 Å².